The molecule has 0 fully saturated rings. The molecule has 0 saturated heterocycles. The maximum absolute atomic E-state index is 12.3. The highest BCUT2D eigenvalue weighted by molar-refractivity contribution is 6.05. The number of nitrogens with zero attached hydrogens (tertiary/aromatic N) is 2. The van der Waals surface area contributed by atoms with Gasteiger partial charge >= 0.3 is 0 Å². The van der Waals surface area contributed by atoms with Crippen molar-refractivity contribution in [3.05, 3.63) is 53.6 Å². The number of fused-ring (bicyclic) bond motifs is 1. The van der Waals surface area contributed by atoms with E-state index in [9.17, 15) is 9.59 Å². The molecular formula is C18H20N4O2. The van der Waals surface area contributed by atoms with Gasteiger partial charge in [0.2, 0.25) is 11.8 Å². The lowest BCUT2D eigenvalue weighted by atomic mass is 9.96. The van der Waals surface area contributed by atoms with E-state index in [0.29, 0.717) is 6.42 Å². The number of carbonyl (C=O) groups excluding carboxylic acids is 2. The molecule has 1 aromatic carbocycles. The average Bonchev–Trinajstić information content (AvgIpc) is 2.83. The summed E-state index contributed by atoms with van der Waals surface area (Å²) in [4.78, 5) is 32.7. The first-order valence-corrected chi connectivity index (χ1v) is 7.98. The van der Waals surface area contributed by atoms with E-state index in [2.05, 4.69) is 20.6 Å². The van der Waals surface area contributed by atoms with Gasteiger partial charge in [-0.3, -0.25) is 19.6 Å². The minimum absolute atomic E-state index is 0.0730. The first-order chi connectivity index (χ1) is 11.5. The van der Waals surface area contributed by atoms with Gasteiger partial charge in [0.1, 0.15) is 0 Å². The number of aryl methyl sites for hydroxylation is 1. The average molecular weight is 324 g/mol. The second-order valence-corrected chi connectivity index (χ2v) is 6.21. The Balaban J connectivity index is 1.60. The van der Waals surface area contributed by atoms with Crippen molar-refractivity contribution in [3.8, 4) is 0 Å². The van der Waals surface area contributed by atoms with Gasteiger partial charge in [-0.2, -0.15) is 0 Å². The third-order valence-electron chi connectivity index (χ3n) is 4.09. The highest BCUT2D eigenvalue weighted by Gasteiger charge is 2.32. The zero-order chi connectivity index (χ0) is 17.1. The van der Waals surface area contributed by atoms with Crippen LogP contribution in [-0.2, 0) is 16.0 Å². The van der Waals surface area contributed by atoms with Crippen LogP contribution in [0.3, 0.4) is 0 Å². The molecular weight excluding hydrogens is 304 g/mol. The lowest BCUT2D eigenvalue weighted by Crippen LogP contribution is -2.35. The van der Waals surface area contributed by atoms with Crippen molar-refractivity contribution in [2.75, 3.05) is 5.32 Å². The zero-order valence-electron chi connectivity index (χ0n) is 13.7. The van der Waals surface area contributed by atoms with E-state index in [-0.39, 0.29) is 24.3 Å². The van der Waals surface area contributed by atoms with E-state index < -0.39 is 5.92 Å². The van der Waals surface area contributed by atoms with Crippen molar-refractivity contribution in [2.24, 2.45) is 0 Å². The maximum Gasteiger partial charge on any atom is 0.232 e. The normalized spacial score (nSPS) is 17.1. The molecule has 124 valence electrons. The number of hydrogen-bond acceptors (Lipinski definition) is 4. The van der Waals surface area contributed by atoms with Gasteiger partial charge in [0.15, 0.2) is 0 Å². The van der Waals surface area contributed by atoms with Gasteiger partial charge in [-0.15, -0.1) is 0 Å². The van der Waals surface area contributed by atoms with E-state index in [1.54, 1.807) is 18.6 Å². The molecule has 24 heavy (non-hydrogen) atoms. The molecule has 1 aliphatic rings. The van der Waals surface area contributed by atoms with Crippen LogP contribution in [-0.4, -0.2) is 27.8 Å². The summed E-state index contributed by atoms with van der Waals surface area (Å²) in [6.07, 6.45) is 5.68. The third-order valence-corrected chi connectivity index (χ3v) is 4.09. The molecule has 1 aliphatic heterocycles. The second kappa shape index (κ2) is 6.78. The van der Waals surface area contributed by atoms with E-state index >= 15 is 0 Å². The molecule has 1 aromatic heterocycles. The van der Waals surface area contributed by atoms with E-state index in [0.717, 1.165) is 22.5 Å². The fraction of sp³-hybridized carbons (Fsp3) is 0.333. The van der Waals surface area contributed by atoms with Crippen LogP contribution in [0.2, 0.25) is 0 Å². The Labute approximate surface area is 140 Å². The molecule has 2 heterocycles. The molecule has 3 rings (SSSR count). The smallest absolute Gasteiger partial charge is 0.232 e. The van der Waals surface area contributed by atoms with Crippen LogP contribution in [0.15, 0.2) is 36.8 Å². The molecule has 2 aromatic rings. The SMILES string of the molecule is Cc1ccc2c(c1)NC(=O)[C@H]2CC(=O)N[C@H](C)Cc1cnccn1. The van der Waals surface area contributed by atoms with Crippen molar-refractivity contribution >= 4 is 17.5 Å². The Bertz CT molecular complexity index is 761. The number of rotatable bonds is 5. The third kappa shape index (κ3) is 3.59. The molecule has 2 amide bonds. The summed E-state index contributed by atoms with van der Waals surface area (Å²) in [6.45, 7) is 3.89. The molecule has 0 bridgehead atoms. The Morgan fingerprint density at radius 1 is 1.38 bits per heavy atom. The van der Waals surface area contributed by atoms with Crippen molar-refractivity contribution in [1.82, 2.24) is 15.3 Å². The molecule has 0 radical (unpaired) electrons. The molecule has 0 aliphatic carbocycles. The summed E-state index contributed by atoms with van der Waals surface area (Å²) >= 11 is 0. The summed E-state index contributed by atoms with van der Waals surface area (Å²) in [7, 11) is 0. The van der Waals surface area contributed by atoms with Crippen molar-refractivity contribution in [3.63, 3.8) is 0 Å². The first-order valence-electron chi connectivity index (χ1n) is 7.98. The van der Waals surface area contributed by atoms with E-state index in [1.807, 2.05) is 32.0 Å². The molecule has 2 atom stereocenters. The number of anilines is 1. The Kier molecular flexibility index (Phi) is 4.55. The summed E-state index contributed by atoms with van der Waals surface area (Å²) < 4.78 is 0. The van der Waals surface area contributed by atoms with E-state index in [4.69, 9.17) is 0 Å². The standard InChI is InChI=1S/C18H20N4O2/c1-11-3-4-14-15(18(24)22-16(14)7-11)9-17(23)21-12(2)8-13-10-19-5-6-20-13/h3-7,10,12,15H,8-9H2,1-2H3,(H,21,23)(H,22,24)/t12-,15+/m1/s1. The predicted octanol–water partition coefficient (Wildman–Crippen LogP) is 1.96. The highest BCUT2D eigenvalue weighted by Crippen LogP contribution is 2.35. The lowest BCUT2D eigenvalue weighted by molar-refractivity contribution is -0.125. The van der Waals surface area contributed by atoms with Gasteiger partial charge in [-0.1, -0.05) is 12.1 Å². The molecule has 0 saturated carbocycles. The van der Waals surface area contributed by atoms with Gasteiger partial charge < -0.3 is 10.6 Å². The fourth-order valence-corrected chi connectivity index (χ4v) is 2.97. The number of amides is 2. The van der Waals surface area contributed by atoms with Crippen LogP contribution in [0.4, 0.5) is 5.69 Å². The van der Waals surface area contributed by atoms with Crippen LogP contribution in [0.5, 0.6) is 0 Å². The minimum Gasteiger partial charge on any atom is -0.353 e. The van der Waals surface area contributed by atoms with Crippen LogP contribution < -0.4 is 10.6 Å². The van der Waals surface area contributed by atoms with Gasteiger partial charge in [0.05, 0.1) is 11.6 Å². The van der Waals surface area contributed by atoms with Gasteiger partial charge in [0, 0.05) is 43.2 Å². The topological polar surface area (TPSA) is 84.0 Å². The second-order valence-electron chi connectivity index (χ2n) is 6.21. The van der Waals surface area contributed by atoms with Gasteiger partial charge in [-0.05, 0) is 31.0 Å². The quantitative estimate of drug-likeness (QED) is 0.880. The Hall–Kier alpha value is -2.76. The number of benzene rings is 1. The summed E-state index contributed by atoms with van der Waals surface area (Å²) in [6, 6.07) is 5.74. The van der Waals surface area contributed by atoms with Crippen LogP contribution in [0.25, 0.3) is 0 Å². The van der Waals surface area contributed by atoms with Crippen LogP contribution >= 0.6 is 0 Å². The fourth-order valence-electron chi connectivity index (χ4n) is 2.97. The van der Waals surface area contributed by atoms with Gasteiger partial charge in [-0.25, -0.2) is 0 Å². The lowest BCUT2D eigenvalue weighted by Gasteiger charge is -2.15. The minimum atomic E-state index is -0.427. The summed E-state index contributed by atoms with van der Waals surface area (Å²) in [5, 5.41) is 5.78. The molecule has 2 N–H and O–H groups in total. The molecule has 6 nitrogen and oxygen atoms in total. The Morgan fingerprint density at radius 2 is 2.21 bits per heavy atom. The van der Waals surface area contributed by atoms with Crippen LogP contribution in [0, 0.1) is 6.92 Å². The molecule has 0 spiro atoms. The van der Waals surface area contributed by atoms with Crippen molar-refractivity contribution < 1.29 is 9.59 Å². The predicted molar refractivity (Wildman–Crippen MR) is 90.5 cm³/mol. The molecule has 0 unspecified atom stereocenters. The number of aromatic nitrogens is 2. The zero-order valence-corrected chi connectivity index (χ0v) is 13.7. The molecule has 6 heteroatoms. The van der Waals surface area contributed by atoms with Crippen molar-refractivity contribution in [1.29, 1.82) is 0 Å². The maximum atomic E-state index is 12.3. The first kappa shape index (κ1) is 16.1. The highest BCUT2D eigenvalue weighted by atomic mass is 16.2. The number of nitrogens with one attached hydrogen (secondary N) is 2. The monoisotopic (exact) mass is 324 g/mol. The van der Waals surface area contributed by atoms with Crippen LogP contribution in [0.1, 0.15) is 36.1 Å². The van der Waals surface area contributed by atoms with Gasteiger partial charge in [0.25, 0.3) is 0 Å². The Morgan fingerprint density at radius 3 is 2.96 bits per heavy atom. The summed E-state index contributed by atoms with van der Waals surface area (Å²) in [5.41, 5.74) is 3.61. The summed E-state index contributed by atoms with van der Waals surface area (Å²) in [5.74, 6) is -0.684. The van der Waals surface area contributed by atoms with Crippen molar-refractivity contribution in [2.45, 2.75) is 38.6 Å². The number of carbonyl (C=O) groups is 2. The largest absolute Gasteiger partial charge is 0.353 e. The number of hydrogen-bond donors (Lipinski definition) is 2. The van der Waals surface area contributed by atoms with E-state index in [1.165, 1.54) is 0 Å².